The van der Waals surface area contributed by atoms with E-state index in [-0.39, 0.29) is 0 Å². The third kappa shape index (κ3) is 3.25. The molecule has 0 unspecified atom stereocenters. The van der Waals surface area contributed by atoms with Crippen LogP contribution in [0.15, 0.2) is 36.0 Å². The molecule has 0 N–H and O–H groups in total. The summed E-state index contributed by atoms with van der Waals surface area (Å²) >= 11 is 0. The van der Waals surface area contributed by atoms with E-state index in [1.165, 1.54) is 5.57 Å². The highest BCUT2D eigenvalue weighted by atomic mass is 13.9. The lowest BCUT2D eigenvalue weighted by molar-refractivity contribution is 1.19. The first kappa shape index (κ1) is 8.87. The molecule has 0 heterocycles. The van der Waals surface area contributed by atoms with Crippen molar-refractivity contribution in [3.05, 3.63) is 36.0 Å². The van der Waals surface area contributed by atoms with E-state index >= 15 is 0 Å². The van der Waals surface area contributed by atoms with E-state index in [1.54, 1.807) is 0 Å². The molecule has 12 heavy (non-hydrogen) atoms. The molecule has 0 saturated heterocycles. The second-order valence-corrected chi connectivity index (χ2v) is 2.73. The van der Waals surface area contributed by atoms with Crippen LogP contribution >= 0.6 is 0 Å². The van der Waals surface area contributed by atoms with Crippen LogP contribution in [0.4, 0.5) is 0 Å². The van der Waals surface area contributed by atoms with E-state index < -0.39 is 0 Å². The van der Waals surface area contributed by atoms with Crippen LogP contribution in [0.3, 0.4) is 0 Å². The van der Waals surface area contributed by atoms with Gasteiger partial charge in [0.1, 0.15) is 0 Å². The second-order valence-electron chi connectivity index (χ2n) is 2.73. The SMILES string of the molecule is CCC=CC1=CCC=CC#CC1. The van der Waals surface area contributed by atoms with Gasteiger partial charge in [-0.15, -0.1) is 0 Å². The smallest absolute Gasteiger partial charge is 0.0340 e. The maximum atomic E-state index is 3.09. The molecule has 0 bridgehead atoms. The summed E-state index contributed by atoms with van der Waals surface area (Å²) < 4.78 is 0. The molecule has 0 nitrogen and oxygen atoms in total. The van der Waals surface area contributed by atoms with Crippen LogP contribution in [0, 0.1) is 11.8 Å². The predicted octanol–water partition coefficient (Wildman–Crippen LogP) is 3.23. The van der Waals surface area contributed by atoms with Crippen molar-refractivity contribution in [2.45, 2.75) is 26.2 Å². The van der Waals surface area contributed by atoms with Crippen molar-refractivity contribution in [2.75, 3.05) is 0 Å². The summed E-state index contributed by atoms with van der Waals surface area (Å²) in [6.45, 7) is 2.14. The van der Waals surface area contributed by atoms with Gasteiger partial charge in [0.05, 0.1) is 0 Å². The Morgan fingerprint density at radius 2 is 2.50 bits per heavy atom. The minimum Gasteiger partial charge on any atom is -0.0938 e. The topological polar surface area (TPSA) is 0 Å². The molecule has 1 aliphatic rings. The van der Waals surface area contributed by atoms with Crippen LogP contribution in [-0.4, -0.2) is 0 Å². The highest BCUT2D eigenvalue weighted by molar-refractivity contribution is 5.29. The van der Waals surface area contributed by atoms with Crippen molar-refractivity contribution in [1.82, 2.24) is 0 Å². The van der Waals surface area contributed by atoms with Gasteiger partial charge < -0.3 is 0 Å². The van der Waals surface area contributed by atoms with Gasteiger partial charge in [0, 0.05) is 6.42 Å². The van der Waals surface area contributed by atoms with Crippen molar-refractivity contribution in [1.29, 1.82) is 0 Å². The fraction of sp³-hybridized carbons (Fsp3) is 0.333. The standard InChI is InChI=1S/C12H14/c1-2-3-9-12-10-7-5-4-6-8-11-12/h3-5,9-10H,2,7,11H2,1H3. The van der Waals surface area contributed by atoms with Crippen LogP contribution in [0.25, 0.3) is 0 Å². The third-order valence-electron chi connectivity index (χ3n) is 1.68. The molecule has 0 radical (unpaired) electrons. The van der Waals surface area contributed by atoms with E-state index in [0.29, 0.717) is 0 Å². The summed E-state index contributed by atoms with van der Waals surface area (Å²) in [6.07, 6.45) is 13.6. The fourth-order valence-corrected chi connectivity index (χ4v) is 1.03. The summed E-state index contributed by atoms with van der Waals surface area (Å²) in [4.78, 5) is 0. The maximum Gasteiger partial charge on any atom is 0.0340 e. The normalized spacial score (nSPS) is 16.2. The lowest BCUT2D eigenvalue weighted by Gasteiger charge is -1.96. The summed E-state index contributed by atoms with van der Waals surface area (Å²) in [5.74, 6) is 6.08. The second kappa shape index (κ2) is 5.43. The lowest BCUT2D eigenvalue weighted by Crippen LogP contribution is -1.78. The molecule has 0 aliphatic heterocycles. The van der Waals surface area contributed by atoms with Gasteiger partial charge in [0.15, 0.2) is 0 Å². The molecular weight excluding hydrogens is 144 g/mol. The molecule has 0 atom stereocenters. The Hall–Kier alpha value is -1.22. The van der Waals surface area contributed by atoms with Crippen molar-refractivity contribution >= 4 is 0 Å². The number of hydrogen-bond acceptors (Lipinski definition) is 0. The average Bonchev–Trinajstić information content (AvgIpc) is 2.02. The Kier molecular flexibility index (Phi) is 4.02. The predicted molar refractivity (Wildman–Crippen MR) is 53.7 cm³/mol. The Balaban J connectivity index is 2.60. The van der Waals surface area contributed by atoms with Gasteiger partial charge in [0.2, 0.25) is 0 Å². The first-order chi connectivity index (χ1) is 5.93. The van der Waals surface area contributed by atoms with E-state index in [0.717, 1.165) is 19.3 Å². The van der Waals surface area contributed by atoms with Crippen molar-refractivity contribution < 1.29 is 0 Å². The van der Waals surface area contributed by atoms with Crippen LogP contribution in [0.1, 0.15) is 26.2 Å². The van der Waals surface area contributed by atoms with Gasteiger partial charge in [0.25, 0.3) is 0 Å². The van der Waals surface area contributed by atoms with E-state index in [4.69, 9.17) is 0 Å². The van der Waals surface area contributed by atoms with Crippen molar-refractivity contribution in [2.24, 2.45) is 0 Å². The van der Waals surface area contributed by atoms with Crippen LogP contribution < -0.4 is 0 Å². The van der Waals surface area contributed by atoms with Gasteiger partial charge in [-0.25, -0.2) is 0 Å². The first-order valence-electron chi connectivity index (χ1n) is 4.42. The summed E-state index contributed by atoms with van der Waals surface area (Å²) in [7, 11) is 0. The molecule has 0 heteroatoms. The highest BCUT2D eigenvalue weighted by Gasteiger charge is 1.88. The monoisotopic (exact) mass is 158 g/mol. The maximum absolute atomic E-state index is 3.09. The largest absolute Gasteiger partial charge is 0.0938 e. The number of rotatable bonds is 2. The van der Waals surface area contributed by atoms with Crippen LogP contribution in [0.2, 0.25) is 0 Å². The van der Waals surface area contributed by atoms with Gasteiger partial charge in [-0.3, -0.25) is 0 Å². The molecule has 0 amide bonds. The minimum absolute atomic E-state index is 0.890. The summed E-state index contributed by atoms with van der Waals surface area (Å²) in [5, 5.41) is 0. The van der Waals surface area contributed by atoms with E-state index in [1.807, 2.05) is 6.08 Å². The fourth-order valence-electron chi connectivity index (χ4n) is 1.03. The van der Waals surface area contributed by atoms with Gasteiger partial charge in [-0.1, -0.05) is 43.1 Å². The molecule has 0 aromatic carbocycles. The van der Waals surface area contributed by atoms with Crippen LogP contribution in [0.5, 0.6) is 0 Å². The Bertz CT molecular complexity index is 266. The van der Waals surface area contributed by atoms with Crippen molar-refractivity contribution in [3.63, 3.8) is 0 Å². The van der Waals surface area contributed by atoms with E-state index in [9.17, 15) is 0 Å². The number of allylic oxidation sites excluding steroid dienone is 6. The third-order valence-corrected chi connectivity index (χ3v) is 1.68. The molecule has 1 aliphatic carbocycles. The molecule has 0 aromatic heterocycles. The van der Waals surface area contributed by atoms with Crippen LogP contribution in [-0.2, 0) is 0 Å². The Morgan fingerprint density at radius 1 is 1.58 bits per heavy atom. The first-order valence-corrected chi connectivity index (χ1v) is 4.42. The highest BCUT2D eigenvalue weighted by Crippen LogP contribution is 2.06. The van der Waals surface area contributed by atoms with Gasteiger partial charge >= 0.3 is 0 Å². The Morgan fingerprint density at radius 3 is 3.33 bits per heavy atom. The molecule has 0 fully saturated rings. The zero-order valence-electron chi connectivity index (χ0n) is 7.51. The minimum atomic E-state index is 0.890. The zero-order valence-corrected chi connectivity index (χ0v) is 7.51. The molecule has 0 saturated carbocycles. The number of hydrogen-bond donors (Lipinski definition) is 0. The summed E-state index contributed by atoms with van der Waals surface area (Å²) in [5.41, 5.74) is 1.34. The van der Waals surface area contributed by atoms with Gasteiger partial charge in [-0.05, 0) is 24.5 Å². The molecular formula is C12H14. The van der Waals surface area contributed by atoms with Gasteiger partial charge in [-0.2, -0.15) is 0 Å². The quantitative estimate of drug-likeness (QED) is 0.541. The molecule has 1 rings (SSSR count). The Labute approximate surface area is 74.7 Å². The molecule has 0 spiro atoms. The zero-order chi connectivity index (χ0) is 8.65. The molecule has 62 valence electrons. The lowest BCUT2D eigenvalue weighted by atomic mass is 10.1. The molecule has 0 aromatic rings. The summed E-state index contributed by atoms with van der Waals surface area (Å²) in [6, 6.07) is 0. The van der Waals surface area contributed by atoms with E-state index in [2.05, 4.69) is 43.1 Å². The average molecular weight is 158 g/mol. The van der Waals surface area contributed by atoms with Crippen molar-refractivity contribution in [3.8, 4) is 11.8 Å².